The zero-order valence-corrected chi connectivity index (χ0v) is 10.6. The number of halogens is 1. The third kappa shape index (κ3) is 3.26. The lowest BCUT2D eigenvalue weighted by atomic mass is 10.1. The maximum absolute atomic E-state index is 8.70. The predicted octanol–water partition coefficient (Wildman–Crippen LogP) is 3.87. The standard InChI is InChI=1S/C15H13ClN2/c16-15-4-2-1-3-13(15)9-10-18-14-7-5-12(11-17)6-8-14/h1-8,18H,9-10H2. The first kappa shape index (κ1) is 12.5. The summed E-state index contributed by atoms with van der Waals surface area (Å²) in [6, 6.07) is 17.4. The lowest BCUT2D eigenvalue weighted by Crippen LogP contribution is -2.05. The third-order valence-corrected chi connectivity index (χ3v) is 3.06. The Balaban J connectivity index is 1.89. The van der Waals surface area contributed by atoms with Gasteiger partial charge in [-0.25, -0.2) is 0 Å². The van der Waals surface area contributed by atoms with Gasteiger partial charge in [0.05, 0.1) is 11.6 Å². The fraction of sp³-hybridized carbons (Fsp3) is 0.133. The number of benzene rings is 2. The molecule has 0 radical (unpaired) electrons. The fourth-order valence-electron chi connectivity index (χ4n) is 1.71. The lowest BCUT2D eigenvalue weighted by Gasteiger charge is -2.07. The van der Waals surface area contributed by atoms with Gasteiger partial charge in [-0.15, -0.1) is 0 Å². The van der Waals surface area contributed by atoms with Crippen molar-refractivity contribution in [2.75, 3.05) is 11.9 Å². The monoisotopic (exact) mass is 256 g/mol. The molecule has 1 N–H and O–H groups in total. The zero-order chi connectivity index (χ0) is 12.8. The van der Waals surface area contributed by atoms with Crippen LogP contribution in [0.2, 0.25) is 5.02 Å². The molecule has 0 saturated carbocycles. The Morgan fingerprint density at radius 1 is 1.06 bits per heavy atom. The quantitative estimate of drug-likeness (QED) is 0.902. The van der Waals surface area contributed by atoms with Crippen LogP contribution in [-0.2, 0) is 6.42 Å². The molecule has 0 aliphatic rings. The van der Waals surface area contributed by atoms with Crippen molar-refractivity contribution < 1.29 is 0 Å². The van der Waals surface area contributed by atoms with Gasteiger partial charge in [-0.05, 0) is 42.3 Å². The van der Waals surface area contributed by atoms with E-state index in [9.17, 15) is 0 Å². The van der Waals surface area contributed by atoms with E-state index >= 15 is 0 Å². The van der Waals surface area contributed by atoms with Gasteiger partial charge in [0.25, 0.3) is 0 Å². The first-order valence-corrected chi connectivity index (χ1v) is 6.15. The highest BCUT2D eigenvalue weighted by Crippen LogP contribution is 2.16. The summed E-state index contributed by atoms with van der Waals surface area (Å²) in [5.74, 6) is 0. The van der Waals surface area contributed by atoms with Crippen LogP contribution in [0.15, 0.2) is 48.5 Å². The van der Waals surface area contributed by atoms with E-state index in [1.54, 1.807) is 12.1 Å². The van der Waals surface area contributed by atoms with Crippen LogP contribution in [0.4, 0.5) is 5.69 Å². The van der Waals surface area contributed by atoms with Gasteiger partial charge in [0.1, 0.15) is 0 Å². The van der Waals surface area contributed by atoms with Crippen LogP contribution in [0.5, 0.6) is 0 Å². The van der Waals surface area contributed by atoms with Gasteiger partial charge >= 0.3 is 0 Å². The molecule has 2 nitrogen and oxygen atoms in total. The van der Waals surface area contributed by atoms with Crippen LogP contribution < -0.4 is 5.32 Å². The molecule has 0 aromatic heterocycles. The largest absolute Gasteiger partial charge is 0.385 e. The van der Waals surface area contributed by atoms with Crippen LogP contribution in [0.3, 0.4) is 0 Å². The molecule has 18 heavy (non-hydrogen) atoms. The van der Waals surface area contributed by atoms with Crippen molar-refractivity contribution in [3.8, 4) is 6.07 Å². The van der Waals surface area contributed by atoms with E-state index < -0.39 is 0 Å². The van der Waals surface area contributed by atoms with E-state index in [-0.39, 0.29) is 0 Å². The molecule has 2 rings (SSSR count). The number of nitrogens with zero attached hydrogens (tertiary/aromatic N) is 1. The number of anilines is 1. The maximum Gasteiger partial charge on any atom is 0.0991 e. The Morgan fingerprint density at radius 3 is 2.44 bits per heavy atom. The molecule has 0 aliphatic heterocycles. The molecule has 0 amide bonds. The second-order valence-corrected chi connectivity index (χ2v) is 4.36. The van der Waals surface area contributed by atoms with Gasteiger partial charge in [0.2, 0.25) is 0 Å². The average molecular weight is 257 g/mol. The average Bonchev–Trinajstić information content (AvgIpc) is 2.42. The van der Waals surface area contributed by atoms with Gasteiger partial charge < -0.3 is 5.32 Å². The van der Waals surface area contributed by atoms with Gasteiger partial charge in [-0.3, -0.25) is 0 Å². The van der Waals surface area contributed by atoms with Gasteiger partial charge in [0, 0.05) is 17.3 Å². The highest BCUT2D eigenvalue weighted by Gasteiger charge is 1.98. The van der Waals surface area contributed by atoms with E-state index in [0.29, 0.717) is 5.56 Å². The summed E-state index contributed by atoms with van der Waals surface area (Å²) in [6.45, 7) is 0.815. The molecule has 3 heteroatoms. The molecule has 2 aromatic carbocycles. The fourth-order valence-corrected chi connectivity index (χ4v) is 1.94. The second-order valence-electron chi connectivity index (χ2n) is 3.96. The Hall–Kier alpha value is -1.98. The van der Waals surface area contributed by atoms with Crippen molar-refractivity contribution in [2.45, 2.75) is 6.42 Å². The summed E-state index contributed by atoms with van der Waals surface area (Å²) < 4.78 is 0. The number of hydrogen-bond acceptors (Lipinski definition) is 2. The Labute approximate surface area is 112 Å². The highest BCUT2D eigenvalue weighted by molar-refractivity contribution is 6.31. The number of rotatable bonds is 4. The Kier molecular flexibility index (Phi) is 4.22. The summed E-state index contributed by atoms with van der Waals surface area (Å²) in [6.07, 6.45) is 0.875. The van der Waals surface area contributed by atoms with Crippen molar-refractivity contribution in [1.29, 1.82) is 5.26 Å². The minimum Gasteiger partial charge on any atom is -0.385 e. The molecule has 0 unspecified atom stereocenters. The van der Waals surface area contributed by atoms with E-state index in [4.69, 9.17) is 16.9 Å². The highest BCUT2D eigenvalue weighted by atomic mass is 35.5. The zero-order valence-electron chi connectivity index (χ0n) is 9.86. The van der Waals surface area contributed by atoms with Gasteiger partial charge in [0.15, 0.2) is 0 Å². The summed E-state index contributed by atoms with van der Waals surface area (Å²) in [7, 11) is 0. The first-order valence-electron chi connectivity index (χ1n) is 5.77. The van der Waals surface area contributed by atoms with Crippen molar-refractivity contribution in [1.82, 2.24) is 0 Å². The predicted molar refractivity (Wildman–Crippen MR) is 74.8 cm³/mol. The molecule has 0 fully saturated rings. The number of nitriles is 1. The van der Waals surface area contributed by atoms with Crippen molar-refractivity contribution in [2.24, 2.45) is 0 Å². The molecule has 2 aromatic rings. The van der Waals surface area contributed by atoms with Crippen LogP contribution >= 0.6 is 11.6 Å². The van der Waals surface area contributed by atoms with Crippen LogP contribution in [0, 0.1) is 11.3 Å². The van der Waals surface area contributed by atoms with Crippen LogP contribution in [0.25, 0.3) is 0 Å². The molecule has 0 bridgehead atoms. The van der Waals surface area contributed by atoms with Gasteiger partial charge in [-0.2, -0.15) is 5.26 Å². The topological polar surface area (TPSA) is 35.8 Å². The minimum atomic E-state index is 0.673. The van der Waals surface area contributed by atoms with Crippen LogP contribution in [-0.4, -0.2) is 6.54 Å². The molecule has 0 aliphatic carbocycles. The molecular weight excluding hydrogens is 244 g/mol. The molecule has 0 spiro atoms. The maximum atomic E-state index is 8.70. The van der Waals surface area contributed by atoms with Crippen molar-refractivity contribution >= 4 is 17.3 Å². The minimum absolute atomic E-state index is 0.673. The van der Waals surface area contributed by atoms with E-state index in [0.717, 1.165) is 29.2 Å². The first-order chi connectivity index (χ1) is 8.79. The molecule has 0 heterocycles. The summed E-state index contributed by atoms with van der Waals surface area (Å²) in [5, 5.41) is 12.8. The SMILES string of the molecule is N#Cc1ccc(NCCc2ccccc2Cl)cc1. The molecule has 0 atom stereocenters. The number of nitrogens with one attached hydrogen (secondary N) is 1. The van der Waals surface area contributed by atoms with Crippen molar-refractivity contribution in [3.05, 3.63) is 64.7 Å². The van der Waals surface area contributed by atoms with Crippen LogP contribution in [0.1, 0.15) is 11.1 Å². The molecule has 0 saturated heterocycles. The Morgan fingerprint density at radius 2 is 1.78 bits per heavy atom. The van der Waals surface area contributed by atoms with E-state index in [2.05, 4.69) is 11.4 Å². The summed E-state index contributed by atoms with van der Waals surface area (Å²) in [5.41, 5.74) is 2.83. The molecule has 90 valence electrons. The Bertz CT molecular complexity index is 555. The lowest BCUT2D eigenvalue weighted by molar-refractivity contribution is 1.02. The van der Waals surface area contributed by atoms with Crippen molar-refractivity contribution in [3.63, 3.8) is 0 Å². The summed E-state index contributed by atoms with van der Waals surface area (Å²) in [4.78, 5) is 0. The normalized spacial score (nSPS) is 9.78. The molecular formula is C15H13ClN2. The smallest absolute Gasteiger partial charge is 0.0991 e. The third-order valence-electron chi connectivity index (χ3n) is 2.70. The van der Waals surface area contributed by atoms with E-state index in [1.165, 1.54) is 0 Å². The second kappa shape index (κ2) is 6.09. The van der Waals surface area contributed by atoms with Gasteiger partial charge in [-0.1, -0.05) is 29.8 Å². The number of hydrogen-bond donors (Lipinski definition) is 1. The summed E-state index contributed by atoms with van der Waals surface area (Å²) >= 11 is 6.08. The van der Waals surface area contributed by atoms with E-state index in [1.807, 2.05) is 36.4 Å².